The van der Waals surface area contributed by atoms with Crippen LogP contribution in [0.1, 0.15) is 80.5 Å². The van der Waals surface area contributed by atoms with Crippen LogP contribution in [0.25, 0.3) is 12.2 Å². The average molecular weight is 482 g/mol. The van der Waals surface area contributed by atoms with Gasteiger partial charge >= 0.3 is 11.9 Å². The van der Waals surface area contributed by atoms with Crippen molar-refractivity contribution in [3.63, 3.8) is 0 Å². The minimum atomic E-state index is -0.334. The van der Waals surface area contributed by atoms with Crippen molar-refractivity contribution in [2.75, 3.05) is 5.73 Å². The molecular weight excluding hydrogens is 450 g/mol. The second-order valence-corrected chi connectivity index (χ2v) is 11.2. The number of nitrogen functional groups attached to an aromatic ring is 1. The normalized spacial score (nSPS) is 29.9. The molecule has 1 aromatic carbocycles. The number of nitrogens with zero attached hydrogens (tertiary/aromatic N) is 2. The molecule has 5 rings (SSSR count). The van der Waals surface area contributed by atoms with Gasteiger partial charge in [-0.05, 0) is 91.7 Å². The summed E-state index contributed by atoms with van der Waals surface area (Å²) < 4.78 is 11.3. The Morgan fingerprint density at radius 3 is 2.65 bits per heavy atom. The molecule has 34 heavy (non-hydrogen) atoms. The van der Waals surface area contributed by atoms with Gasteiger partial charge in [0.2, 0.25) is 5.13 Å². The van der Waals surface area contributed by atoms with Crippen LogP contribution in [0.3, 0.4) is 0 Å². The van der Waals surface area contributed by atoms with Gasteiger partial charge in [0.05, 0.1) is 0 Å². The number of rotatable bonds is 4. The van der Waals surface area contributed by atoms with Gasteiger partial charge in [-0.3, -0.25) is 9.59 Å². The first-order valence-electron chi connectivity index (χ1n) is 12.0. The summed E-state index contributed by atoms with van der Waals surface area (Å²) in [5, 5.41) is 9.05. The van der Waals surface area contributed by atoms with Gasteiger partial charge in [0.1, 0.15) is 16.9 Å². The Bertz CT molecular complexity index is 1160. The van der Waals surface area contributed by atoms with Crippen molar-refractivity contribution >= 4 is 40.6 Å². The van der Waals surface area contributed by atoms with Crippen LogP contribution in [-0.4, -0.2) is 28.2 Å². The fourth-order valence-corrected chi connectivity index (χ4v) is 7.32. The van der Waals surface area contributed by atoms with Gasteiger partial charge in [0, 0.05) is 24.8 Å². The number of hydrogen-bond donors (Lipinski definition) is 1. The van der Waals surface area contributed by atoms with Crippen molar-refractivity contribution in [3.05, 3.63) is 33.8 Å². The number of aryl methyl sites for hydroxylation is 1. The molecule has 0 saturated heterocycles. The summed E-state index contributed by atoms with van der Waals surface area (Å²) in [5.41, 5.74) is 9.27. The lowest BCUT2D eigenvalue weighted by Gasteiger charge is -2.50. The van der Waals surface area contributed by atoms with Gasteiger partial charge < -0.3 is 15.2 Å². The third kappa shape index (κ3) is 4.13. The number of hydrogen-bond acceptors (Lipinski definition) is 8. The Labute approximate surface area is 203 Å². The number of benzene rings is 1. The number of esters is 2. The summed E-state index contributed by atoms with van der Waals surface area (Å²) in [6.07, 6.45) is 10.1. The second-order valence-electron chi connectivity index (χ2n) is 10.1. The molecule has 3 aliphatic rings. The quantitative estimate of drug-likeness (QED) is 0.484. The molecule has 0 unspecified atom stereocenters. The minimum absolute atomic E-state index is 0.0292. The third-order valence-electron chi connectivity index (χ3n) is 8.19. The van der Waals surface area contributed by atoms with E-state index in [-0.39, 0.29) is 23.5 Å². The number of aromatic nitrogens is 2. The summed E-state index contributed by atoms with van der Waals surface area (Å²) in [7, 11) is 0. The Hall–Kier alpha value is -2.74. The van der Waals surface area contributed by atoms with E-state index in [9.17, 15) is 9.59 Å². The van der Waals surface area contributed by atoms with Crippen molar-refractivity contribution in [1.29, 1.82) is 0 Å². The van der Waals surface area contributed by atoms with Crippen LogP contribution in [0, 0.1) is 17.3 Å². The smallest absolute Gasteiger partial charge is 0.308 e. The van der Waals surface area contributed by atoms with E-state index in [0.717, 1.165) is 44.1 Å². The van der Waals surface area contributed by atoms with Crippen molar-refractivity contribution in [2.24, 2.45) is 17.3 Å². The summed E-state index contributed by atoms with van der Waals surface area (Å²) in [6.45, 7) is 5.27. The van der Waals surface area contributed by atoms with E-state index in [1.54, 1.807) is 0 Å². The molecule has 8 heteroatoms. The Morgan fingerprint density at radius 2 is 1.94 bits per heavy atom. The first-order chi connectivity index (χ1) is 16.2. The minimum Gasteiger partial charge on any atom is -0.462 e. The molecule has 7 nitrogen and oxygen atoms in total. The van der Waals surface area contributed by atoms with Crippen LogP contribution in [0.4, 0.5) is 5.13 Å². The van der Waals surface area contributed by atoms with Crippen LogP contribution in [0.15, 0.2) is 12.1 Å². The maximum Gasteiger partial charge on any atom is 0.308 e. The van der Waals surface area contributed by atoms with E-state index in [0.29, 0.717) is 33.6 Å². The number of nitrogens with two attached hydrogens (primary N) is 1. The molecule has 3 aliphatic carbocycles. The van der Waals surface area contributed by atoms with Gasteiger partial charge in [-0.15, -0.1) is 10.2 Å². The van der Waals surface area contributed by atoms with Crippen LogP contribution in [0.5, 0.6) is 5.75 Å². The highest BCUT2D eigenvalue weighted by Crippen LogP contribution is 2.61. The topological polar surface area (TPSA) is 104 Å². The van der Waals surface area contributed by atoms with E-state index in [1.807, 2.05) is 18.2 Å². The predicted octanol–water partition coefficient (Wildman–Crippen LogP) is 5.00. The standard InChI is InChI=1S/C26H31N3O4S/c1-14(30)32-22-13-16-4-6-19-18(10-11-26(3)21(19)7-8-23(26)33-15(2)31)20(16)12-17(22)5-9-24-28-29-25(27)34-24/h5,9,12-13,18-19,21,23H,4,6-8,10-11H2,1-3H3,(H2,27,29)/b9-5+/t18-,19+,21-,23-,26-/m0/s1. The van der Waals surface area contributed by atoms with Crippen LogP contribution in [0.2, 0.25) is 0 Å². The summed E-state index contributed by atoms with van der Waals surface area (Å²) in [4.78, 5) is 23.5. The molecule has 2 aromatic rings. The van der Waals surface area contributed by atoms with E-state index in [4.69, 9.17) is 15.2 Å². The fourth-order valence-electron chi connectivity index (χ4n) is 6.81. The number of carbonyl (C=O) groups excluding carboxylic acids is 2. The summed E-state index contributed by atoms with van der Waals surface area (Å²) in [5.74, 6) is 1.67. The van der Waals surface area contributed by atoms with Gasteiger partial charge in [0.25, 0.3) is 0 Å². The Morgan fingerprint density at radius 1 is 1.12 bits per heavy atom. The number of fused-ring (bicyclic) bond motifs is 5. The molecule has 180 valence electrons. The Balaban J connectivity index is 1.47. The molecule has 0 spiro atoms. The fraction of sp³-hybridized carbons (Fsp3) is 0.538. The molecule has 0 amide bonds. The molecule has 1 aromatic heterocycles. The average Bonchev–Trinajstić information content (AvgIpc) is 3.34. The highest BCUT2D eigenvalue weighted by Gasteiger charge is 2.56. The lowest BCUT2D eigenvalue weighted by Crippen LogP contribution is -2.45. The predicted molar refractivity (Wildman–Crippen MR) is 131 cm³/mol. The van der Waals surface area contributed by atoms with E-state index in [1.165, 1.54) is 36.3 Å². The molecule has 1 heterocycles. The molecule has 0 aliphatic heterocycles. The highest BCUT2D eigenvalue weighted by molar-refractivity contribution is 7.15. The van der Waals surface area contributed by atoms with Crippen molar-refractivity contribution in [2.45, 2.75) is 71.3 Å². The molecule has 2 fully saturated rings. The number of anilines is 1. The summed E-state index contributed by atoms with van der Waals surface area (Å²) in [6, 6.07) is 4.25. The van der Waals surface area contributed by atoms with Crippen molar-refractivity contribution < 1.29 is 19.1 Å². The number of ether oxygens (including phenoxy) is 2. The van der Waals surface area contributed by atoms with Gasteiger partial charge in [-0.25, -0.2) is 0 Å². The zero-order valence-electron chi connectivity index (χ0n) is 19.9. The lowest BCUT2D eigenvalue weighted by molar-refractivity contribution is -0.154. The molecule has 0 bridgehead atoms. The van der Waals surface area contributed by atoms with Gasteiger partial charge in [-0.1, -0.05) is 18.3 Å². The first-order valence-corrected chi connectivity index (χ1v) is 12.9. The maximum absolute atomic E-state index is 11.8. The number of carbonyl (C=O) groups is 2. The SMILES string of the molecule is CC(=O)Oc1cc2c(cc1/C=C/c1nnc(N)s1)[C@H]1CC[C@]3(C)[C@@H](OC(C)=O)CC[C@H]3[C@@H]1CC2. The molecule has 0 radical (unpaired) electrons. The van der Waals surface area contributed by atoms with Crippen molar-refractivity contribution in [1.82, 2.24) is 10.2 Å². The zero-order valence-corrected chi connectivity index (χ0v) is 20.7. The van der Waals surface area contributed by atoms with Crippen molar-refractivity contribution in [3.8, 4) is 5.75 Å². The first kappa shape index (κ1) is 23.0. The van der Waals surface area contributed by atoms with Gasteiger partial charge in [0.15, 0.2) is 0 Å². The van der Waals surface area contributed by atoms with Crippen LogP contribution < -0.4 is 10.5 Å². The van der Waals surface area contributed by atoms with Crippen LogP contribution in [-0.2, 0) is 20.7 Å². The van der Waals surface area contributed by atoms with E-state index < -0.39 is 0 Å². The van der Waals surface area contributed by atoms with E-state index >= 15 is 0 Å². The molecule has 2 N–H and O–H groups in total. The third-order valence-corrected chi connectivity index (χ3v) is 8.91. The maximum atomic E-state index is 11.8. The summed E-state index contributed by atoms with van der Waals surface area (Å²) >= 11 is 1.31. The van der Waals surface area contributed by atoms with Gasteiger partial charge in [-0.2, -0.15) is 0 Å². The Kier molecular flexibility index (Phi) is 5.96. The van der Waals surface area contributed by atoms with E-state index in [2.05, 4.69) is 23.2 Å². The lowest BCUT2D eigenvalue weighted by atomic mass is 9.55. The zero-order chi connectivity index (χ0) is 24.0. The second kappa shape index (κ2) is 8.80. The molecule has 2 saturated carbocycles. The largest absolute Gasteiger partial charge is 0.462 e. The molecular formula is C26H31N3O4S. The molecule has 5 atom stereocenters. The van der Waals surface area contributed by atoms with Crippen LogP contribution >= 0.6 is 11.3 Å². The monoisotopic (exact) mass is 481 g/mol. The highest BCUT2D eigenvalue weighted by atomic mass is 32.1.